The monoisotopic (exact) mass is 190 g/mol. The van der Waals surface area contributed by atoms with Crippen LogP contribution in [0.25, 0.3) is 0 Å². The van der Waals surface area contributed by atoms with Crippen LogP contribution in [0, 0.1) is 0 Å². The summed E-state index contributed by atoms with van der Waals surface area (Å²) >= 11 is 0. The zero-order chi connectivity index (χ0) is 9.99. The summed E-state index contributed by atoms with van der Waals surface area (Å²) in [5.41, 5.74) is -0.968. The van der Waals surface area contributed by atoms with Crippen LogP contribution >= 0.6 is 0 Å². The van der Waals surface area contributed by atoms with Gasteiger partial charge in [0.05, 0.1) is 0 Å². The van der Waals surface area contributed by atoms with Gasteiger partial charge in [0.1, 0.15) is 11.2 Å². The van der Waals surface area contributed by atoms with Crippen molar-refractivity contribution in [3.8, 4) is 0 Å². The second-order valence-corrected chi connectivity index (χ2v) is 4.68. The summed E-state index contributed by atoms with van der Waals surface area (Å²) < 4.78 is 9.91. The van der Waals surface area contributed by atoms with Gasteiger partial charge in [-0.3, -0.25) is 0 Å². The third kappa shape index (κ3) is 11.3. The van der Waals surface area contributed by atoms with Crippen LogP contribution in [0.2, 0.25) is 0 Å². The molecule has 0 fully saturated rings. The van der Waals surface area contributed by atoms with E-state index >= 15 is 0 Å². The van der Waals surface area contributed by atoms with Gasteiger partial charge in [-0.25, -0.2) is 4.79 Å². The van der Waals surface area contributed by atoms with Crippen LogP contribution in [0.5, 0.6) is 0 Å². The van der Waals surface area contributed by atoms with E-state index in [2.05, 4.69) is 0 Å². The van der Waals surface area contributed by atoms with Crippen LogP contribution in [0.3, 0.4) is 0 Å². The Kier molecular flexibility index (Phi) is 5.10. The maximum absolute atomic E-state index is 11.0. The Labute approximate surface area is 81.4 Å². The quantitative estimate of drug-likeness (QED) is 0.549. The Balaban J connectivity index is 0. The summed E-state index contributed by atoms with van der Waals surface area (Å²) in [7, 11) is 0. The van der Waals surface area contributed by atoms with Crippen molar-refractivity contribution >= 4 is 6.16 Å². The van der Waals surface area contributed by atoms with Crippen molar-refractivity contribution in [3.63, 3.8) is 0 Å². The highest BCUT2D eigenvalue weighted by Gasteiger charge is 2.22. The molecular weight excluding hydrogens is 168 g/mol. The highest BCUT2D eigenvalue weighted by molar-refractivity contribution is 5.61. The predicted molar refractivity (Wildman–Crippen MR) is 53.8 cm³/mol. The minimum absolute atomic E-state index is 0. The molecule has 0 unspecified atom stereocenters. The van der Waals surface area contributed by atoms with E-state index in [1.165, 1.54) is 0 Å². The molecular formula is C10H22O3. The van der Waals surface area contributed by atoms with Crippen LogP contribution in [0.4, 0.5) is 4.79 Å². The topological polar surface area (TPSA) is 35.5 Å². The van der Waals surface area contributed by atoms with Gasteiger partial charge in [0.2, 0.25) is 0 Å². The van der Waals surface area contributed by atoms with Gasteiger partial charge in [0, 0.05) is 0 Å². The summed E-state index contributed by atoms with van der Waals surface area (Å²) in [6.45, 7) is 10.8. The van der Waals surface area contributed by atoms with Gasteiger partial charge in [-0.2, -0.15) is 0 Å². The lowest BCUT2D eigenvalue weighted by molar-refractivity contribution is -0.0468. The standard InChI is InChI=1S/C9H18O3.CH4/c1-8(2,3)11-7(10)12-9(4,5)6;/h1-6H3;1H4. The lowest BCUT2D eigenvalue weighted by atomic mass is 10.2. The molecule has 0 saturated heterocycles. The van der Waals surface area contributed by atoms with Crippen molar-refractivity contribution in [1.82, 2.24) is 0 Å². The van der Waals surface area contributed by atoms with Crippen molar-refractivity contribution in [2.75, 3.05) is 0 Å². The third-order valence-corrected chi connectivity index (χ3v) is 0.779. The third-order valence-electron chi connectivity index (χ3n) is 0.779. The molecule has 0 bridgehead atoms. The highest BCUT2D eigenvalue weighted by Crippen LogP contribution is 2.13. The Morgan fingerprint density at radius 1 is 0.846 bits per heavy atom. The summed E-state index contributed by atoms with van der Waals surface area (Å²) in [5, 5.41) is 0. The highest BCUT2D eigenvalue weighted by atomic mass is 16.7. The number of ether oxygens (including phenoxy) is 2. The SMILES string of the molecule is C.CC(C)(C)OC(=O)OC(C)(C)C. The summed E-state index contributed by atoms with van der Waals surface area (Å²) in [6.07, 6.45) is -0.616. The number of carbonyl (C=O) groups excluding carboxylic acids is 1. The average Bonchev–Trinajstić information content (AvgIpc) is 1.49. The molecule has 80 valence electrons. The zero-order valence-corrected chi connectivity index (χ0v) is 8.72. The van der Waals surface area contributed by atoms with Gasteiger partial charge < -0.3 is 9.47 Å². The first-order chi connectivity index (χ1) is 5.10. The van der Waals surface area contributed by atoms with Crippen molar-refractivity contribution in [1.29, 1.82) is 0 Å². The Morgan fingerprint density at radius 2 is 1.08 bits per heavy atom. The van der Waals surface area contributed by atoms with Crippen LogP contribution in [0.1, 0.15) is 49.0 Å². The minimum Gasteiger partial charge on any atom is -0.429 e. The number of hydrogen-bond donors (Lipinski definition) is 0. The Morgan fingerprint density at radius 3 is 1.23 bits per heavy atom. The fraction of sp³-hybridized carbons (Fsp3) is 0.900. The molecule has 0 heterocycles. The van der Waals surface area contributed by atoms with Crippen molar-refractivity contribution in [3.05, 3.63) is 0 Å². The van der Waals surface area contributed by atoms with Crippen molar-refractivity contribution in [2.24, 2.45) is 0 Å². The predicted octanol–water partition coefficient (Wildman–Crippen LogP) is 3.37. The van der Waals surface area contributed by atoms with Gasteiger partial charge in [0.25, 0.3) is 0 Å². The van der Waals surface area contributed by atoms with E-state index in [4.69, 9.17) is 9.47 Å². The molecule has 0 spiro atoms. The van der Waals surface area contributed by atoms with E-state index in [9.17, 15) is 4.79 Å². The molecule has 0 radical (unpaired) electrons. The first kappa shape index (κ1) is 14.8. The van der Waals surface area contributed by atoms with Gasteiger partial charge in [-0.1, -0.05) is 7.43 Å². The molecule has 0 rings (SSSR count). The normalized spacial score (nSPS) is 11.5. The van der Waals surface area contributed by atoms with Crippen LogP contribution in [0.15, 0.2) is 0 Å². The van der Waals surface area contributed by atoms with Crippen molar-refractivity contribution in [2.45, 2.75) is 60.2 Å². The molecule has 0 saturated carbocycles. The molecule has 0 aliphatic rings. The average molecular weight is 190 g/mol. The number of carbonyl (C=O) groups is 1. The number of hydrogen-bond acceptors (Lipinski definition) is 3. The first-order valence-electron chi connectivity index (χ1n) is 4.02. The molecule has 0 amide bonds. The second kappa shape index (κ2) is 4.49. The largest absolute Gasteiger partial charge is 0.509 e. The molecule has 3 nitrogen and oxygen atoms in total. The zero-order valence-electron chi connectivity index (χ0n) is 8.72. The molecule has 0 aliphatic heterocycles. The van der Waals surface area contributed by atoms with E-state index in [0.29, 0.717) is 0 Å². The summed E-state index contributed by atoms with van der Waals surface area (Å²) in [5.74, 6) is 0. The second-order valence-electron chi connectivity index (χ2n) is 4.68. The first-order valence-corrected chi connectivity index (χ1v) is 4.02. The molecule has 13 heavy (non-hydrogen) atoms. The van der Waals surface area contributed by atoms with Crippen LogP contribution in [-0.4, -0.2) is 17.4 Å². The van der Waals surface area contributed by atoms with E-state index in [1.807, 2.05) is 0 Å². The summed E-state index contributed by atoms with van der Waals surface area (Å²) in [4.78, 5) is 11.0. The summed E-state index contributed by atoms with van der Waals surface area (Å²) in [6, 6.07) is 0. The molecule has 0 atom stereocenters. The molecule has 0 aromatic rings. The molecule has 0 aromatic carbocycles. The maximum atomic E-state index is 11.0. The van der Waals surface area contributed by atoms with Crippen LogP contribution in [-0.2, 0) is 9.47 Å². The van der Waals surface area contributed by atoms with E-state index in [1.54, 1.807) is 41.5 Å². The van der Waals surface area contributed by atoms with Gasteiger partial charge in [-0.05, 0) is 41.5 Å². The molecule has 0 aromatic heterocycles. The molecule has 3 heteroatoms. The van der Waals surface area contributed by atoms with Crippen LogP contribution < -0.4 is 0 Å². The lowest BCUT2D eigenvalue weighted by Crippen LogP contribution is -2.30. The maximum Gasteiger partial charge on any atom is 0.509 e. The Bertz CT molecular complexity index is 142. The van der Waals surface area contributed by atoms with E-state index in [0.717, 1.165) is 0 Å². The van der Waals surface area contributed by atoms with Gasteiger partial charge in [-0.15, -0.1) is 0 Å². The Hall–Kier alpha value is -0.730. The molecule has 0 aliphatic carbocycles. The smallest absolute Gasteiger partial charge is 0.429 e. The lowest BCUT2D eigenvalue weighted by Gasteiger charge is -2.24. The van der Waals surface area contributed by atoms with E-state index in [-0.39, 0.29) is 7.43 Å². The van der Waals surface area contributed by atoms with Crippen molar-refractivity contribution < 1.29 is 14.3 Å². The fourth-order valence-corrected chi connectivity index (χ4v) is 0.521. The molecule has 0 N–H and O–H groups in total. The minimum atomic E-state index is -0.616. The van der Waals surface area contributed by atoms with E-state index < -0.39 is 17.4 Å². The number of rotatable bonds is 0. The van der Waals surface area contributed by atoms with Gasteiger partial charge in [0.15, 0.2) is 0 Å². The van der Waals surface area contributed by atoms with Gasteiger partial charge >= 0.3 is 6.16 Å². The fourth-order valence-electron chi connectivity index (χ4n) is 0.521.